The van der Waals surface area contributed by atoms with E-state index < -0.39 is 0 Å². The highest BCUT2D eigenvalue weighted by Crippen LogP contribution is 2.20. The van der Waals surface area contributed by atoms with Crippen molar-refractivity contribution in [1.29, 1.82) is 0 Å². The van der Waals surface area contributed by atoms with E-state index in [0.29, 0.717) is 5.92 Å². The van der Waals surface area contributed by atoms with Gasteiger partial charge >= 0.3 is 0 Å². The maximum atomic E-state index is 6.35. The van der Waals surface area contributed by atoms with Crippen molar-refractivity contribution < 1.29 is 0 Å². The number of nitrogens with zero attached hydrogens (tertiary/aromatic N) is 2. The van der Waals surface area contributed by atoms with Gasteiger partial charge < -0.3 is 15.5 Å². The number of piperazine rings is 1. The lowest BCUT2D eigenvalue weighted by Crippen LogP contribution is -2.46. The summed E-state index contributed by atoms with van der Waals surface area (Å²) in [6.07, 6.45) is 0. The van der Waals surface area contributed by atoms with Crippen LogP contribution in [0, 0.1) is 5.92 Å². The first-order valence-electron chi connectivity index (χ1n) is 6.88. The van der Waals surface area contributed by atoms with Crippen LogP contribution in [-0.2, 0) is 0 Å². The minimum Gasteiger partial charge on any atom is -0.324 e. The molecule has 0 aromatic heterocycles. The maximum absolute atomic E-state index is 6.35. The van der Waals surface area contributed by atoms with Crippen molar-refractivity contribution in [3.63, 3.8) is 0 Å². The number of nitrogens with two attached hydrogens (primary N) is 1. The Morgan fingerprint density at radius 3 is 2.33 bits per heavy atom. The molecule has 3 nitrogen and oxygen atoms in total. The number of likely N-dealkylation sites (N-methyl/N-ethyl adjacent to an activating group) is 1. The van der Waals surface area contributed by atoms with Gasteiger partial charge in [-0.15, -0.1) is 0 Å². The van der Waals surface area contributed by atoms with Gasteiger partial charge in [0.15, 0.2) is 0 Å². The molecule has 18 heavy (non-hydrogen) atoms. The molecule has 2 rings (SSSR count). The van der Waals surface area contributed by atoms with E-state index in [0.717, 1.165) is 6.54 Å². The van der Waals surface area contributed by atoms with E-state index in [1.54, 1.807) is 0 Å². The summed E-state index contributed by atoms with van der Waals surface area (Å²) in [6.45, 7) is 8.05. The molecule has 1 aliphatic rings. The maximum Gasteiger partial charge on any atom is 0.0333 e. The molecular formula is C15H25N3. The summed E-state index contributed by atoms with van der Waals surface area (Å²) in [7, 11) is 2.19. The Hall–Kier alpha value is -0.900. The molecule has 0 bridgehead atoms. The zero-order valence-corrected chi connectivity index (χ0v) is 11.5. The van der Waals surface area contributed by atoms with Crippen LogP contribution in [0.15, 0.2) is 30.3 Å². The number of benzene rings is 1. The first-order chi connectivity index (χ1) is 8.66. The molecule has 1 fully saturated rings. The average molecular weight is 247 g/mol. The molecular weight excluding hydrogens is 222 g/mol. The van der Waals surface area contributed by atoms with Crippen LogP contribution in [-0.4, -0.2) is 49.6 Å². The molecule has 1 aromatic rings. The van der Waals surface area contributed by atoms with E-state index in [9.17, 15) is 0 Å². The summed E-state index contributed by atoms with van der Waals surface area (Å²) in [5.41, 5.74) is 7.60. The average Bonchev–Trinajstić information content (AvgIpc) is 2.41. The van der Waals surface area contributed by atoms with Crippen molar-refractivity contribution in [3.05, 3.63) is 35.9 Å². The Kier molecular flexibility index (Phi) is 4.75. The fraction of sp³-hybridized carbons (Fsp3) is 0.600. The Bertz CT molecular complexity index is 344. The molecule has 2 atom stereocenters. The molecule has 0 unspecified atom stereocenters. The van der Waals surface area contributed by atoms with Gasteiger partial charge in [-0.1, -0.05) is 37.3 Å². The van der Waals surface area contributed by atoms with Crippen LogP contribution in [0.5, 0.6) is 0 Å². The van der Waals surface area contributed by atoms with E-state index in [1.807, 2.05) is 6.07 Å². The van der Waals surface area contributed by atoms with Crippen molar-refractivity contribution in [3.8, 4) is 0 Å². The van der Waals surface area contributed by atoms with Crippen LogP contribution >= 0.6 is 0 Å². The number of hydrogen-bond donors (Lipinski definition) is 1. The largest absolute Gasteiger partial charge is 0.324 e. The first-order valence-corrected chi connectivity index (χ1v) is 6.88. The molecule has 2 N–H and O–H groups in total. The van der Waals surface area contributed by atoms with E-state index in [1.165, 1.54) is 31.7 Å². The van der Waals surface area contributed by atoms with Gasteiger partial charge in [0, 0.05) is 38.8 Å². The molecule has 1 heterocycles. The summed E-state index contributed by atoms with van der Waals surface area (Å²) in [4.78, 5) is 4.92. The first kappa shape index (κ1) is 13.5. The van der Waals surface area contributed by atoms with Gasteiger partial charge in [-0.05, 0) is 18.5 Å². The third-order valence-corrected chi connectivity index (χ3v) is 3.94. The van der Waals surface area contributed by atoms with E-state index in [4.69, 9.17) is 5.73 Å². The molecule has 1 aliphatic heterocycles. The normalized spacial score (nSPS) is 21.7. The zero-order chi connectivity index (χ0) is 13.0. The highest BCUT2D eigenvalue weighted by atomic mass is 15.2. The van der Waals surface area contributed by atoms with Crippen molar-refractivity contribution in [2.24, 2.45) is 11.7 Å². The lowest BCUT2D eigenvalue weighted by atomic mass is 9.95. The SMILES string of the molecule is C[C@@H](CN1CCN(C)CC1)[C@@H](N)c1ccccc1. The van der Waals surface area contributed by atoms with Gasteiger partial charge in [0.1, 0.15) is 0 Å². The van der Waals surface area contributed by atoms with Crippen molar-refractivity contribution in [1.82, 2.24) is 9.80 Å². The summed E-state index contributed by atoms with van der Waals surface area (Å²) >= 11 is 0. The molecule has 0 aliphatic carbocycles. The highest BCUT2D eigenvalue weighted by molar-refractivity contribution is 5.19. The Labute approximate surface area is 111 Å². The van der Waals surface area contributed by atoms with Crippen molar-refractivity contribution >= 4 is 0 Å². The number of hydrogen-bond acceptors (Lipinski definition) is 3. The molecule has 1 aromatic carbocycles. The third kappa shape index (κ3) is 3.55. The van der Waals surface area contributed by atoms with Gasteiger partial charge in [-0.2, -0.15) is 0 Å². The van der Waals surface area contributed by atoms with Crippen LogP contribution in [0.4, 0.5) is 0 Å². The Morgan fingerprint density at radius 2 is 1.72 bits per heavy atom. The predicted molar refractivity (Wildman–Crippen MR) is 76.5 cm³/mol. The van der Waals surface area contributed by atoms with Crippen molar-refractivity contribution in [2.45, 2.75) is 13.0 Å². The van der Waals surface area contributed by atoms with Gasteiger partial charge in [-0.3, -0.25) is 0 Å². The van der Waals surface area contributed by atoms with Gasteiger partial charge in [0.2, 0.25) is 0 Å². The van der Waals surface area contributed by atoms with Gasteiger partial charge in [-0.25, -0.2) is 0 Å². The number of rotatable bonds is 4. The highest BCUT2D eigenvalue weighted by Gasteiger charge is 2.20. The monoisotopic (exact) mass is 247 g/mol. The van der Waals surface area contributed by atoms with Gasteiger partial charge in [0.05, 0.1) is 0 Å². The van der Waals surface area contributed by atoms with Crippen LogP contribution < -0.4 is 5.73 Å². The summed E-state index contributed by atoms with van der Waals surface area (Å²) < 4.78 is 0. The van der Waals surface area contributed by atoms with Crippen LogP contribution in [0.2, 0.25) is 0 Å². The second-order valence-electron chi connectivity index (χ2n) is 5.52. The molecule has 0 amide bonds. The molecule has 100 valence electrons. The third-order valence-electron chi connectivity index (χ3n) is 3.94. The minimum atomic E-state index is 0.144. The molecule has 0 saturated carbocycles. The lowest BCUT2D eigenvalue weighted by Gasteiger charge is -2.35. The zero-order valence-electron chi connectivity index (χ0n) is 11.5. The molecule has 3 heteroatoms. The Morgan fingerprint density at radius 1 is 1.11 bits per heavy atom. The van der Waals surface area contributed by atoms with E-state index >= 15 is 0 Å². The van der Waals surface area contributed by atoms with Crippen molar-refractivity contribution in [2.75, 3.05) is 39.8 Å². The van der Waals surface area contributed by atoms with Crippen LogP contribution in [0.25, 0.3) is 0 Å². The van der Waals surface area contributed by atoms with Crippen LogP contribution in [0.3, 0.4) is 0 Å². The quantitative estimate of drug-likeness (QED) is 0.876. The van der Waals surface area contributed by atoms with Crippen LogP contribution in [0.1, 0.15) is 18.5 Å². The fourth-order valence-electron chi connectivity index (χ4n) is 2.56. The second-order valence-corrected chi connectivity index (χ2v) is 5.52. The molecule has 1 saturated heterocycles. The molecule has 0 radical (unpaired) electrons. The predicted octanol–water partition coefficient (Wildman–Crippen LogP) is 1.57. The van der Waals surface area contributed by atoms with Gasteiger partial charge in [0.25, 0.3) is 0 Å². The standard InChI is InChI=1S/C15H25N3/c1-13(12-18-10-8-17(2)9-11-18)15(16)14-6-4-3-5-7-14/h3-7,13,15H,8-12,16H2,1-2H3/t13-,15+/m0/s1. The minimum absolute atomic E-state index is 0.144. The second kappa shape index (κ2) is 6.32. The summed E-state index contributed by atoms with van der Waals surface area (Å²) in [5.74, 6) is 0.496. The van der Waals surface area contributed by atoms with E-state index in [-0.39, 0.29) is 6.04 Å². The Balaban J connectivity index is 1.86. The van der Waals surface area contributed by atoms with E-state index in [2.05, 4.69) is 48.0 Å². The topological polar surface area (TPSA) is 32.5 Å². The smallest absolute Gasteiger partial charge is 0.0333 e. The fourth-order valence-corrected chi connectivity index (χ4v) is 2.56. The lowest BCUT2D eigenvalue weighted by molar-refractivity contribution is 0.133. The summed E-state index contributed by atoms with van der Waals surface area (Å²) in [6, 6.07) is 10.6. The molecule has 0 spiro atoms. The summed E-state index contributed by atoms with van der Waals surface area (Å²) in [5, 5.41) is 0.